The van der Waals surface area contributed by atoms with Crippen LogP contribution in [0.2, 0.25) is 0 Å². The van der Waals surface area contributed by atoms with Gasteiger partial charge in [0, 0.05) is 29.6 Å². The zero-order chi connectivity index (χ0) is 59.3. The van der Waals surface area contributed by atoms with Gasteiger partial charge in [0.2, 0.25) is 0 Å². The lowest BCUT2D eigenvalue weighted by atomic mass is 9.81. The summed E-state index contributed by atoms with van der Waals surface area (Å²) in [7, 11) is 0. The minimum Gasteiger partial charge on any atom is -0.495 e. The van der Waals surface area contributed by atoms with Crippen molar-refractivity contribution in [2.24, 2.45) is 23.7 Å². The smallest absolute Gasteiger partial charge is 0.314 e. The molecule has 3 aliphatic carbocycles. The highest BCUT2D eigenvalue weighted by molar-refractivity contribution is 8.00. The normalized spacial score (nSPS) is 22.4. The summed E-state index contributed by atoms with van der Waals surface area (Å²) in [5.74, 6) is 0.629. The number of aliphatic hydroxyl groups excluding tert-OH is 6. The Kier molecular flexibility index (Phi) is 25.5. The average molecular weight is 1170 g/mol. The van der Waals surface area contributed by atoms with E-state index in [1.807, 2.05) is 24.3 Å². The first-order chi connectivity index (χ1) is 40.1. The van der Waals surface area contributed by atoms with Gasteiger partial charge in [-0.25, -0.2) is 0 Å². The molecule has 0 aromatic heterocycles. The monoisotopic (exact) mass is 1170 g/mol. The molecule has 7 rings (SSSR count). The van der Waals surface area contributed by atoms with Crippen LogP contribution in [0.25, 0.3) is 0 Å². The highest BCUT2D eigenvalue weighted by Gasteiger charge is 2.36. The number of esters is 2. The zero-order valence-corrected chi connectivity index (χ0v) is 47.6. The molecule has 1 heterocycles. The summed E-state index contributed by atoms with van der Waals surface area (Å²) < 4.78 is 57.1. The van der Waals surface area contributed by atoms with Gasteiger partial charge in [-0.2, -0.15) is 5.26 Å². The first kappa shape index (κ1) is 64.5. The van der Waals surface area contributed by atoms with Crippen LogP contribution in [0.4, 0.5) is 5.69 Å². The van der Waals surface area contributed by atoms with Gasteiger partial charge in [-0.3, -0.25) is 9.59 Å². The highest BCUT2D eigenvalue weighted by Crippen LogP contribution is 2.53. The van der Waals surface area contributed by atoms with Crippen LogP contribution < -0.4 is 19.5 Å². The first-order valence-corrected chi connectivity index (χ1v) is 29.1. The molecule has 0 saturated heterocycles. The van der Waals surface area contributed by atoms with Gasteiger partial charge in [0.15, 0.2) is 37.7 Å². The Morgan fingerprint density at radius 2 is 1.23 bits per heavy atom. The molecule has 0 amide bonds. The van der Waals surface area contributed by atoms with Crippen LogP contribution >= 0.6 is 11.8 Å². The number of carbonyl (C=O) groups excluding carboxylic acids is 2. The lowest BCUT2D eigenvalue weighted by molar-refractivity contribution is -0.178. The van der Waals surface area contributed by atoms with E-state index in [1.54, 1.807) is 67.2 Å². The van der Waals surface area contributed by atoms with Gasteiger partial charge in [0.25, 0.3) is 0 Å². The van der Waals surface area contributed by atoms with E-state index in [0.29, 0.717) is 117 Å². The van der Waals surface area contributed by atoms with Gasteiger partial charge in [0.05, 0.1) is 54.7 Å². The Labute approximate surface area is 488 Å². The fourth-order valence-corrected chi connectivity index (χ4v) is 11.2. The van der Waals surface area contributed by atoms with Crippen LogP contribution in [0, 0.1) is 35.0 Å². The quantitative estimate of drug-likeness (QED) is 0.0131. The summed E-state index contributed by atoms with van der Waals surface area (Å²) in [4.78, 5) is 27.5. The van der Waals surface area contributed by atoms with Crippen LogP contribution in [-0.4, -0.2) is 126 Å². The summed E-state index contributed by atoms with van der Waals surface area (Å²) in [6.07, 6.45) is 4.80. The van der Waals surface area contributed by atoms with Crippen LogP contribution in [0.1, 0.15) is 99.6 Å². The van der Waals surface area contributed by atoms with Crippen molar-refractivity contribution in [3.63, 3.8) is 0 Å². The molecule has 83 heavy (non-hydrogen) atoms. The Balaban J connectivity index is 0.864. The van der Waals surface area contributed by atoms with E-state index in [0.717, 1.165) is 16.0 Å². The predicted molar refractivity (Wildman–Crippen MR) is 305 cm³/mol. The number of nitriles is 1. The van der Waals surface area contributed by atoms with Crippen molar-refractivity contribution >= 4 is 29.4 Å². The number of aliphatic hydroxyl groups is 6. The lowest BCUT2D eigenvalue weighted by Crippen LogP contribution is -2.33. The summed E-state index contributed by atoms with van der Waals surface area (Å²) in [6, 6.07) is 19.8. The molecule has 7 N–H and O–H groups in total. The molecule has 4 aliphatic rings. The molecule has 0 radical (unpaired) electrons. The molecule has 1 aliphatic heterocycles. The second kappa shape index (κ2) is 32.8. The van der Waals surface area contributed by atoms with Crippen molar-refractivity contribution in [3.05, 3.63) is 139 Å². The number of nitrogens with one attached hydrogen (secondary N) is 1. The molecule has 2 saturated carbocycles. The van der Waals surface area contributed by atoms with Crippen LogP contribution in [0.15, 0.2) is 127 Å². The molecule has 3 aromatic carbocycles. The second-order valence-electron chi connectivity index (χ2n) is 20.7. The van der Waals surface area contributed by atoms with Gasteiger partial charge in [0.1, 0.15) is 53.8 Å². The molecule has 21 heteroatoms. The summed E-state index contributed by atoms with van der Waals surface area (Å²) in [5, 5.41) is 74.7. The van der Waals surface area contributed by atoms with E-state index >= 15 is 0 Å². The van der Waals surface area contributed by atoms with Gasteiger partial charge >= 0.3 is 11.9 Å². The fraction of sp³-hybridized carbons (Fsp3) is 0.500. The topological polar surface area (TPSA) is 284 Å². The number of hydrogen-bond acceptors (Lipinski definition) is 21. The third-order valence-corrected chi connectivity index (χ3v) is 16.1. The van der Waals surface area contributed by atoms with Gasteiger partial charge in [-0.1, -0.05) is 56.6 Å². The standard InChI is InChI=1S/C62H78N2O18S/c1-5-52(65)76-36-49(78-54(67)7-3)34-74-45-22-26-47(27-23-45)80-60(70)42-15-13-41(14-16-42)59(69)73-32-31-39-21-30-51(56-57(39)83-58(64-56)40-11-9-38(33-63)10-12-40)82-62(72)44-19-17-43(18-20-44)61(71)81-48-28-24-46(25-29-48)75-35-50(79-55(68)8-4)37-77-53(66)6-2/h5-6,8-12,21-24,26-28,30,41-44,49-50,52-55,58-59,62,64-69,72H,1-2,4,7,13-20,25,29,31-32,34-37H2,3H3. The molecule has 9 atom stereocenters. The van der Waals surface area contributed by atoms with E-state index in [4.69, 9.17) is 47.4 Å². The Morgan fingerprint density at radius 1 is 0.663 bits per heavy atom. The Morgan fingerprint density at radius 3 is 1.82 bits per heavy atom. The zero-order valence-electron chi connectivity index (χ0n) is 46.7. The number of allylic oxidation sites excluding steroid dienone is 4. The number of benzene rings is 3. The van der Waals surface area contributed by atoms with Crippen molar-refractivity contribution in [2.75, 3.05) is 38.4 Å². The number of ether oxygens (including phenoxy) is 10. The number of thioether (sulfide) groups is 1. The van der Waals surface area contributed by atoms with E-state index < -0.39 is 49.9 Å². The molecule has 20 nitrogen and oxygen atoms in total. The molecular formula is C62H78N2O18S. The molecular weight excluding hydrogens is 1090 g/mol. The molecule has 0 spiro atoms. The number of nitrogens with zero attached hydrogens (tertiary/aromatic N) is 1. The molecule has 450 valence electrons. The van der Waals surface area contributed by atoms with E-state index in [1.165, 1.54) is 18.2 Å². The van der Waals surface area contributed by atoms with E-state index in [2.05, 4.69) is 31.1 Å². The largest absolute Gasteiger partial charge is 0.495 e. The van der Waals surface area contributed by atoms with E-state index in [9.17, 15) is 45.5 Å². The van der Waals surface area contributed by atoms with Crippen LogP contribution in [-0.2, 0) is 49.2 Å². The van der Waals surface area contributed by atoms with Crippen molar-refractivity contribution in [1.82, 2.24) is 0 Å². The second-order valence-corrected chi connectivity index (χ2v) is 21.8. The van der Waals surface area contributed by atoms with Crippen molar-refractivity contribution in [2.45, 2.75) is 144 Å². The molecule has 9 unspecified atom stereocenters. The molecule has 3 aromatic rings. The maximum absolute atomic E-state index is 13.3. The van der Waals surface area contributed by atoms with Crippen LogP contribution in [0.3, 0.4) is 0 Å². The van der Waals surface area contributed by atoms with Gasteiger partial charge < -0.3 is 83.3 Å². The third kappa shape index (κ3) is 19.7. The average Bonchev–Trinajstić information content (AvgIpc) is 4.24. The number of carbonyl (C=O) groups is 2. The Hall–Kier alpha value is -6.10. The molecule has 0 bridgehead atoms. The SMILES string of the molecule is C=CC(O)OCC(COC1=CC=C(OC(=O)C2CCC(C(O)Oc3ccc(CCOC(O)C4CCC(C(=O)Oc5ccc(OCC(COC(O)C=C)OC(O)CC)cc5)CC4)c4c3NC(c3ccc(C#N)cc3)S4)CC2)CC1)OC(O)C=C. The minimum absolute atomic E-state index is 0.0237. The van der Waals surface area contributed by atoms with Crippen molar-refractivity contribution < 1.29 is 87.6 Å². The number of anilines is 1. The van der Waals surface area contributed by atoms with Crippen molar-refractivity contribution in [1.29, 1.82) is 5.26 Å². The molecule has 2 fully saturated rings. The predicted octanol–water partition coefficient (Wildman–Crippen LogP) is 8.11. The third-order valence-electron chi connectivity index (χ3n) is 14.8. The summed E-state index contributed by atoms with van der Waals surface area (Å²) in [6.45, 7) is 12.4. The van der Waals surface area contributed by atoms with Crippen molar-refractivity contribution in [3.8, 4) is 23.3 Å². The first-order valence-electron chi connectivity index (χ1n) is 28.2. The highest BCUT2D eigenvalue weighted by atomic mass is 32.2. The number of fused-ring (bicyclic) bond motifs is 1. The summed E-state index contributed by atoms with van der Waals surface area (Å²) >= 11 is 1.58. The van der Waals surface area contributed by atoms with Gasteiger partial charge in [-0.05, 0) is 148 Å². The lowest BCUT2D eigenvalue weighted by Gasteiger charge is -2.31. The minimum atomic E-state index is -1.25. The maximum atomic E-state index is 13.3. The number of rotatable bonds is 33. The maximum Gasteiger partial charge on any atom is 0.314 e. The van der Waals surface area contributed by atoms with Gasteiger partial charge in [-0.15, -0.1) is 0 Å². The van der Waals surface area contributed by atoms with E-state index in [-0.39, 0.29) is 74.0 Å². The number of hydrogen-bond donors (Lipinski definition) is 7. The Bertz CT molecular complexity index is 2680. The summed E-state index contributed by atoms with van der Waals surface area (Å²) in [5.41, 5.74) is 3.15. The fourth-order valence-electron chi connectivity index (χ4n) is 9.85. The van der Waals surface area contributed by atoms with Crippen LogP contribution in [0.5, 0.6) is 17.2 Å².